The van der Waals surface area contributed by atoms with Gasteiger partial charge in [-0.15, -0.1) is 0 Å². The van der Waals surface area contributed by atoms with Crippen LogP contribution in [0.2, 0.25) is 0 Å². The van der Waals surface area contributed by atoms with Gasteiger partial charge in [0.2, 0.25) is 0 Å². The highest BCUT2D eigenvalue weighted by Gasteiger charge is 2.24. The van der Waals surface area contributed by atoms with Crippen LogP contribution in [0.3, 0.4) is 0 Å². The molecule has 0 aliphatic heterocycles. The highest BCUT2D eigenvalue weighted by molar-refractivity contribution is 4.81. The highest BCUT2D eigenvalue weighted by Crippen LogP contribution is 2.28. The first kappa shape index (κ1) is 13.9. The zero-order valence-electron chi connectivity index (χ0n) is 10.1. The van der Waals surface area contributed by atoms with E-state index in [2.05, 4.69) is 19.3 Å². The molecule has 1 aliphatic carbocycles. The van der Waals surface area contributed by atoms with E-state index in [1.54, 1.807) is 0 Å². The minimum absolute atomic E-state index is 0.319. The lowest BCUT2D eigenvalue weighted by Gasteiger charge is -2.17. The van der Waals surface area contributed by atoms with Crippen LogP contribution in [0.5, 0.6) is 0 Å². The molecule has 0 amide bonds. The molecule has 0 spiro atoms. The van der Waals surface area contributed by atoms with Crippen LogP contribution in [-0.4, -0.2) is 24.8 Å². The van der Waals surface area contributed by atoms with Crippen molar-refractivity contribution < 1.29 is 5.11 Å². The average molecular weight is 201 g/mol. The first-order chi connectivity index (χ1) is 6.79. The van der Waals surface area contributed by atoms with Crippen LogP contribution < -0.4 is 5.32 Å². The van der Waals surface area contributed by atoms with Crippen molar-refractivity contribution in [3.63, 3.8) is 0 Å². The van der Waals surface area contributed by atoms with Crippen LogP contribution in [0.1, 0.15) is 52.4 Å². The minimum Gasteiger partial charge on any atom is -0.396 e. The summed E-state index contributed by atoms with van der Waals surface area (Å²) in [5, 5.41) is 11.3. The van der Waals surface area contributed by atoms with Gasteiger partial charge in [0.05, 0.1) is 0 Å². The summed E-state index contributed by atoms with van der Waals surface area (Å²) < 4.78 is 0. The largest absolute Gasteiger partial charge is 0.396 e. The molecule has 2 nitrogen and oxygen atoms in total. The van der Waals surface area contributed by atoms with E-state index in [0.717, 1.165) is 18.4 Å². The third-order valence-corrected chi connectivity index (χ3v) is 2.91. The Bertz CT molecular complexity index is 115. The molecule has 2 atom stereocenters. The van der Waals surface area contributed by atoms with E-state index < -0.39 is 0 Å². The lowest BCUT2D eigenvalue weighted by molar-refractivity contribution is 0.295. The van der Waals surface area contributed by atoms with Gasteiger partial charge in [-0.1, -0.05) is 26.7 Å². The van der Waals surface area contributed by atoms with Crippen LogP contribution in [0.4, 0.5) is 0 Å². The monoisotopic (exact) mass is 201 g/mol. The van der Waals surface area contributed by atoms with Crippen molar-refractivity contribution in [1.29, 1.82) is 0 Å². The quantitative estimate of drug-likeness (QED) is 0.732. The van der Waals surface area contributed by atoms with Crippen LogP contribution in [-0.2, 0) is 0 Å². The molecule has 0 radical (unpaired) electrons. The molecule has 0 heterocycles. The van der Waals surface area contributed by atoms with Gasteiger partial charge < -0.3 is 10.4 Å². The lowest BCUT2D eigenvalue weighted by Crippen LogP contribution is -2.28. The molecule has 1 aliphatic rings. The molecule has 2 unspecified atom stereocenters. The molecule has 2 N–H and O–H groups in total. The van der Waals surface area contributed by atoms with E-state index in [9.17, 15) is 0 Å². The second-order valence-electron chi connectivity index (χ2n) is 4.10. The Balaban J connectivity index is 0.000000364. The maximum Gasteiger partial charge on any atom is 0.0428 e. The summed E-state index contributed by atoms with van der Waals surface area (Å²) in [5.41, 5.74) is 0. The first-order valence-electron chi connectivity index (χ1n) is 6.08. The van der Waals surface area contributed by atoms with E-state index in [1.807, 2.05) is 6.92 Å². The topological polar surface area (TPSA) is 32.3 Å². The Hall–Kier alpha value is -0.0800. The SMILES string of the molecule is CCCC1CCCC1NC.CCCO. The zero-order valence-corrected chi connectivity index (χ0v) is 10.1. The van der Waals surface area contributed by atoms with Crippen LogP contribution in [0.15, 0.2) is 0 Å². The smallest absolute Gasteiger partial charge is 0.0428 e. The maximum absolute atomic E-state index is 7.88. The fourth-order valence-electron chi connectivity index (χ4n) is 2.13. The fraction of sp³-hybridized carbons (Fsp3) is 1.00. The number of aliphatic hydroxyl groups excluding tert-OH is 1. The number of rotatable bonds is 4. The van der Waals surface area contributed by atoms with E-state index in [-0.39, 0.29) is 0 Å². The average Bonchev–Trinajstić information content (AvgIpc) is 2.66. The van der Waals surface area contributed by atoms with Gasteiger partial charge in [-0.25, -0.2) is 0 Å². The molecule has 0 saturated heterocycles. The summed E-state index contributed by atoms with van der Waals surface area (Å²) in [6.45, 7) is 4.53. The molecule has 2 heteroatoms. The van der Waals surface area contributed by atoms with Crippen molar-refractivity contribution in [2.75, 3.05) is 13.7 Å². The Morgan fingerprint density at radius 2 is 1.86 bits per heavy atom. The Morgan fingerprint density at radius 1 is 1.21 bits per heavy atom. The van der Waals surface area contributed by atoms with Gasteiger partial charge in [-0.05, 0) is 38.6 Å². The standard InChI is InChI=1S/C9H19N.C3H8O/c1-3-5-8-6-4-7-9(8)10-2;1-2-3-4/h8-10H,3-7H2,1-2H3;4H,2-3H2,1H3. The normalized spacial score (nSPS) is 25.7. The number of aliphatic hydroxyl groups is 1. The van der Waals surface area contributed by atoms with Gasteiger partial charge >= 0.3 is 0 Å². The Morgan fingerprint density at radius 3 is 2.29 bits per heavy atom. The molecule has 0 aromatic rings. The summed E-state index contributed by atoms with van der Waals surface area (Å²) in [6, 6.07) is 0.833. The summed E-state index contributed by atoms with van der Waals surface area (Å²) in [6.07, 6.45) is 7.95. The number of hydrogen-bond acceptors (Lipinski definition) is 2. The number of nitrogens with one attached hydrogen (secondary N) is 1. The van der Waals surface area contributed by atoms with Crippen LogP contribution >= 0.6 is 0 Å². The van der Waals surface area contributed by atoms with Crippen LogP contribution in [0, 0.1) is 5.92 Å². The maximum atomic E-state index is 7.88. The molecule has 1 fully saturated rings. The first-order valence-corrected chi connectivity index (χ1v) is 6.08. The van der Waals surface area contributed by atoms with Gasteiger partial charge in [0, 0.05) is 12.6 Å². The lowest BCUT2D eigenvalue weighted by atomic mass is 9.98. The molecule has 1 saturated carbocycles. The van der Waals surface area contributed by atoms with Gasteiger partial charge in [0.1, 0.15) is 0 Å². The van der Waals surface area contributed by atoms with Crippen molar-refractivity contribution in [1.82, 2.24) is 5.32 Å². The predicted octanol–water partition coefficient (Wildman–Crippen LogP) is 2.56. The molecule has 0 aromatic carbocycles. The minimum atomic E-state index is 0.319. The van der Waals surface area contributed by atoms with Crippen molar-refractivity contribution in [3.05, 3.63) is 0 Å². The Labute approximate surface area is 89.1 Å². The van der Waals surface area contributed by atoms with Crippen LogP contribution in [0.25, 0.3) is 0 Å². The fourth-order valence-corrected chi connectivity index (χ4v) is 2.13. The van der Waals surface area contributed by atoms with Crippen molar-refractivity contribution >= 4 is 0 Å². The summed E-state index contributed by atoms with van der Waals surface area (Å²) in [5.74, 6) is 0.981. The van der Waals surface area contributed by atoms with Gasteiger partial charge in [0.15, 0.2) is 0 Å². The van der Waals surface area contributed by atoms with E-state index in [1.165, 1.54) is 32.1 Å². The second kappa shape index (κ2) is 9.47. The molecule has 0 aromatic heterocycles. The van der Waals surface area contributed by atoms with E-state index >= 15 is 0 Å². The molecule has 14 heavy (non-hydrogen) atoms. The van der Waals surface area contributed by atoms with Crippen molar-refractivity contribution in [2.24, 2.45) is 5.92 Å². The molecular weight excluding hydrogens is 174 g/mol. The van der Waals surface area contributed by atoms with Crippen molar-refractivity contribution in [3.8, 4) is 0 Å². The molecule has 1 rings (SSSR count). The molecular formula is C12H27NO. The predicted molar refractivity (Wildman–Crippen MR) is 62.5 cm³/mol. The Kier molecular flexibility index (Phi) is 9.42. The summed E-state index contributed by atoms with van der Waals surface area (Å²) in [7, 11) is 2.10. The highest BCUT2D eigenvalue weighted by atomic mass is 16.2. The van der Waals surface area contributed by atoms with Gasteiger partial charge in [-0.3, -0.25) is 0 Å². The molecule has 86 valence electrons. The third kappa shape index (κ3) is 5.61. The van der Waals surface area contributed by atoms with E-state index in [0.29, 0.717) is 6.61 Å². The van der Waals surface area contributed by atoms with Gasteiger partial charge in [-0.2, -0.15) is 0 Å². The van der Waals surface area contributed by atoms with Gasteiger partial charge in [0.25, 0.3) is 0 Å². The van der Waals surface area contributed by atoms with Crippen molar-refractivity contribution in [2.45, 2.75) is 58.4 Å². The second-order valence-corrected chi connectivity index (χ2v) is 4.10. The summed E-state index contributed by atoms with van der Waals surface area (Å²) in [4.78, 5) is 0. The summed E-state index contributed by atoms with van der Waals surface area (Å²) >= 11 is 0. The number of hydrogen-bond donors (Lipinski definition) is 2. The zero-order chi connectivity index (χ0) is 10.8. The van der Waals surface area contributed by atoms with E-state index in [4.69, 9.17) is 5.11 Å². The molecule has 0 bridgehead atoms. The third-order valence-electron chi connectivity index (χ3n) is 2.91.